The van der Waals surface area contributed by atoms with E-state index in [2.05, 4.69) is 15.4 Å². The van der Waals surface area contributed by atoms with Crippen LogP contribution in [-0.4, -0.2) is 63.6 Å². The first kappa shape index (κ1) is 19.5. The fourth-order valence-electron chi connectivity index (χ4n) is 4.61. The van der Waals surface area contributed by atoms with Gasteiger partial charge in [0, 0.05) is 32.2 Å². The van der Waals surface area contributed by atoms with Gasteiger partial charge in [0.1, 0.15) is 6.33 Å². The summed E-state index contributed by atoms with van der Waals surface area (Å²) in [5.74, 6) is 0.197. The second-order valence-electron chi connectivity index (χ2n) is 7.99. The number of hydrogen-bond donors (Lipinski definition) is 1. The van der Waals surface area contributed by atoms with Crippen molar-refractivity contribution in [2.45, 2.75) is 69.3 Å². The predicted octanol–water partition coefficient (Wildman–Crippen LogP) is 2.76. The van der Waals surface area contributed by atoms with Gasteiger partial charge in [-0.3, -0.25) is 4.79 Å². The highest BCUT2D eigenvalue weighted by Gasteiger charge is 2.48. The lowest BCUT2D eigenvalue weighted by Crippen LogP contribution is -2.49. The number of nitrogens with zero attached hydrogens (tertiary/aromatic N) is 4. The van der Waals surface area contributed by atoms with Crippen molar-refractivity contribution in [3.8, 4) is 0 Å². The number of likely N-dealkylation sites (tertiary alicyclic amines) is 1. The number of ether oxygens (including phenoxy) is 1. The highest BCUT2D eigenvalue weighted by atomic mass is 19.4. The number of carbonyl (C=O) groups is 1. The number of anilines is 1. The van der Waals surface area contributed by atoms with Crippen LogP contribution in [-0.2, 0) is 9.53 Å². The van der Waals surface area contributed by atoms with Gasteiger partial charge in [0.25, 0.3) is 0 Å². The van der Waals surface area contributed by atoms with E-state index in [1.165, 1.54) is 0 Å². The SMILES string of the molecule is O=C(CCC1CCCO1)N1CCCC([C@@H]2C[C@H](C(F)(F)F)n3ncnc3N2)C1. The Morgan fingerprint density at radius 3 is 2.93 bits per heavy atom. The molecular formula is C18H26F3N5O2. The first-order valence-electron chi connectivity index (χ1n) is 10.0. The normalized spacial score (nSPS) is 30.8. The van der Waals surface area contributed by atoms with E-state index >= 15 is 0 Å². The van der Waals surface area contributed by atoms with Gasteiger partial charge in [0.2, 0.25) is 11.9 Å². The van der Waals surface area contributed by atoms with Crippen LogP contribution in [0.25, 0.3) is 0 Å². The summed E-state index contributed by atoms with van der Waals surface area (Å²) in [6.45, 7) is 1.93. The zero-order valence-electron chi connectivity index (χ0n) is 15.7. The summed E-state index contributed by atoms with van der Waals surface area (Å²) >= 11 is 0. The molecule has 0 aliphatic carbocycles. The zero-order chi connectivity index (χ0) is 19.7. The lowest BCUT2D eigenvalue weighted by Gasteiger charge is -2.41. The van der Waals surface area contributed by atoms with Gasteiger partial charge in [-0.05, 0) is 44.4 Å². The molecule has 2 fully saturated rings. The number of nitrogens with one attached hydrogen (secondary N) is 1. The number of hydrogen-bond acceptors (Lipinski definition) is 5. The molecule has 2 unspecified atom stereocenters. The Hall–Kier alpha value is -1.84. The molecular weight excluding hydrogens is 375 g/mol. The number of fused-ring (bicyclic) bond motifs is 1. The molecule has 0 bridgehead atoms. The van der Waals surface area contributed by atoms with E-state index in [0.717, 1.165) is 49.7 Å². The molecule has 3 aliphatic rings. The molecule has 4 heterocycles. The third-order valence-electron chi connectivity index (χ3n) is 6.12. The van der Waals surface area contributed by atoms with Gasteiger partial charge in [0.05, 0.1) is 6.10 Å². The Morgan fingerprint density at radius 2 is 2.18 bits per heavy atom. The van der Waals surface area contributed by atoms with Crippen LogP contribution in [0.3, 0.4) is 0 Å². The Balaban J connectivity index is 1.38. The molecule has 10 heteroatoms. The van der Waals surface area contributed by atoms with Crippen LogP contribution in [0.1, 0.15) is 51.0 Å². The molecule has 2 saturated heterocycles. The van der Waals surface area contributed by atoms with Crippen molar-refractivity contribution in [2.24, 2.45) is 5.92 Å². The monoisotopic (exact) mass is 401 g/mol. The van der Waals surface area contributed by atoms with Crippen LogP contribution < -0.4 is 5.32 Å². The maximum atomic E-state index is 13.5. The number of carbonyl (C=O) groups excluding carboxylic acids is 1. The summed E-state index contributed by atoms with van der Waals surface area (Å²) in [5, 5.41) is 6.85. The molecule has 1 aromatic rings. The van der Waals surface area contributed by atoms with Crippen molar-refractivity contribution in [3.63, 3.8) is 0 Å². The summed E-state index contributed by atoms with van der Waals surface area (Å²) in [5.41, 5.74) is 0. The van der Waals surface area contributed by atoms with Crippen LogP contribution in [0.15, 0.2) is 6.33 Å². The maximum absolute atomic E-state index is 13.5. The molecule has 1 N–H and O–H groups in total. The van der Waals surface area contributed by atoms with Crippen molar-refractivity contribution in [1.82, 2.24) is 19.7 Å². The summed E-state index contributed by atoms with van der Waals surface area (Å²) in [7, 11) is 0. The van der Waals surface area contributed by atoms with E-state index in [0.29, 0.717) is 19.5 Å². The van der Waals surface area contributed by atoms with Gasteiger partial charge < -0.3 is 15.0 Å². The van der Waals surface area contributed by atoms with Crippen LogP contribution >= 0.6 is 0 Å². The van der Waals surface area contributed by atoms with Gasteiger partial charge in [-0.2, -0.15) is 23.3 Å². The Bertz CT molecular complexity index is 689. The van der Waals surface area contributed by atoms with Gasteiger partial charge in [-0.25, -0.2) is 4.68 Å². The second kappa shape index (κ2) is 7.88. The molecule has 1 aromatic heterocycles. The van der Waals surface area contributed by atoms with Crippen molar-refractivity contribution >= 4 is 11.9 Å². The van der Waals surface area contributed by atoms with Crippen molar-refractivity contribution in [3.05, 3.63) is 6.33 Å². The first-order chi connectivity index (χ1) is 13.4. The topological polar surface area (TPSA) is 72.3 Å². The average Bonchev–Trinajstić information content (AvgIpc) is 3.36. The first-order valence-corrected chi connectivity index (χ1v) is 10.0. The van der Waals surface area contributed by atoms with Crippen molar-refractivity contribution in [1.29, 1.82) is 0 Å². The summed E-state index contributed by atoms with van der Waals surface area (Å²) < 4.78 is 47.0. The fourth-order valence-corrected chi connectivity index (χ4v) is 4.61. The number of halogens is 3. The quantitative estimate of drug-likeness (QED) is 0.840. The van der Waals surface area contributed by atoms with Gasteiger partial charge >= 0.3 is 6.18 Å². The number of rotatable bonds is 4. The third-order valence-corrected chi connectivity index (χ3v) is 6.12. The standard InChI is InChI=1S/C18H26F3N5O2/c19-18(20,21)15-9-14(24-17-22-11-23-26(15)17)12-3-1-7-25(10-12)16(27)6-5-13-4-2-8-28-13/h11-15H,1-10H2,(H,22,23,24)/t12?,13?,14-,15+/m0/s1. The van der Waals surface area contributed by atoms with Crippen LogP contribution in [0.5, 0.6) is 0 Å². The van der Waals surface area contributed by atoms with E-state index in [1.807, 2.05) is 4.90 Å². The lowest BCUT2D eigenvalue weighted by molar-refractivity contribution is -0.175. The van der Waals surface area contributed by atoms with Gasteiger partial charge in [0.15, 0.2) is 6.04 Å². The van der Waals surface area contributed by atoms with E-state index in [1.54, 1.807) is 0 Å². The Labute approximate surface area is 161 Å². The number of alkyl halides is 3. The molecule has 4 atom stereocenters. The second-order valence-corrected chi connectivity index (χ2v) is 7.99. The van der Waals surface area contributed by atoms with Gasteiger partial charge in [-0.1, -0.05) is 0 Å². The molecule has 156 valence electrons. The molecule has 28 heavy (non-hydrogen) atoms. The van der Waals surface area contributed by atoms with Crippen LogP contribution in [0, 0.1) is 5.92 Å². The number of amides is 1. The molecule has 7 nitrogen and oxygen atoms in total. The summed E-state index contributed by atoms with van der Waals surface area (Å²) in [6.07, 6.45) is 1.65. The third kappa shape index (κ3) is 4.11. The average molecular weight is 401 g/mol. The Morgan fingerprint density at radius 1 is 1.32 bits per heavy atom. The molecule has 3 aliphatic heterocycles. The van der Waals surface area contributed by atoms with E-state index < -0.39 is 12.2 Å². The van der Waals surface area contributed by atoms with Gasteiger partial charge in [-0.15, -0.1) is 0 Å². The predicted molar refractivity (Wildman–Crippen MR) is 94.7 cm³/mol. The zero-order valence-corrected chi connectivity index (χ0v) is 15.7. The van der Waals surface area contributed by atoms with Crippen LogP contribution in [0.2, 0.25) is 0 Å². The van der Waals surface area contributed by atoms with E-state index in [-0.39, 0.29) is 36.3 Å². The largest absolute Gasteiger partial charge is 0.411 e. The minimum Gasteiger partial charge on any atom is -0.378 e. The van der Waals surface area contributed by atoms with E-state index in [9.17, 15) is 18.0 Å². The van der Waals surface area contributed by atoms with E-state index in [4.69, 9.17) is 4.74 Å². The summed E-state index contributed by atoms with van der Waals surface area (Å²) in [6, 6.07) is -2.06. The minimum absolute atomic E-state index is 0.0317. The molecule has 0 radical (unpaired) electrons. The molecule has 1 amide bonds. The highest BCUT2D eigenvalue weighted by Crippen LogP contribution is 2.40. The smallest absolute Gasteiger partial charge is 0.378 e. The van der Waals surface area contributed by atoms with Crippen molar-refractivity contribution < 1.29 is 22.7 Å². The summed E-state index contributed by atoms with van der Waals surface area (Å²) in [4.78, 5) is 18.4. The number of piperidine rings is 1. The molecule has 0 aromatic carbocycles. The fraction of sp³-hybridized carbons (Fsp3) is 0.833. The van der Waals surface area contributed by atoms with Crippen LogP contribution in [0.4, 0.5) is 19.1 Å². The maximum Gasteiger partial charge on any atom is 0.411 e. The molecule has 0 saturated carbocycles. The number of aromatic nitrogens is 3. The Kier molecular flexibility index (Phi) is 5.48. The molecule has 0 spiro atoms. The molecule has 4 rings (SSSR count). The lowest BCUT2D eigenvalue weighted by atomic mass is 9.86. The van der Waals surface area contributed by atoms with Crippen molar-refractivity contribution in [2.75, 3.05) is 25.0 Å². The highest BCUT2D eigenvalue weighted by molar-refractivity contribution is 5.76. The minimum atomic E-state index is -4.38.